The van der Waals surface area contributed by atoms with Gasteiger partial charge < -0.3 is 16.0 Å². The molecule has 1 aromatic rings. The van der Waals surface area contributed by atoms with E-state index in [0.29, 0.717) is 5.56 Å². The molecule has 0 spiro atoms. The van der Waals surface area contributed by atoms with Crippen LogP contribution in [0.3, 0.4) is 0 Å². The van der Waals surface area contributed by atoms with E-state index in [9.17, 15) is 4.79 Å². The monoisotopic (exact) mass is 248 g/mol. The summed E-state index contributed by atoms with van der Waals surface area (Å²) in [5.74, 6) is 0.351. The molecule has 1 aliphatic rings. The molecule has 1 fully saturated rings. The first-order valence-corrected chi connectivity index (χ1v) is 6.48. The van der Waals surface area contributed by atoms with Crippen LogP contribution in [0.4, 0.5) is 5.82 Å². The van der Waals surface area contributed by atoms with E-state index < -0.39 is 5.91 Å². The summed E-state index contributed by atoms with van der Waals surface area (Å²) in [4.78, 5) is 17.5. The molecule has 18 heavy (non-hydrogen) atoms. The number of nitrogens with zero attached hydrogens (tertiary/aromatic N) is 2. The van der Waals surface area contributed by atoms with Crippen molar-refractivity contribution >= 4 is 11.7 Å². The Bertz CT molecular complexity index is 384. The molecule has 0 saturated carbocycles. The van der Waals surface area contributed by atoms with Gasteiger partial charge in [0, 0.05) is 12.7 Å². The van der Waals surface area contributed by atoms with Crippen molar-refractivity contribution in [3.05, 3.63) is 23.9 Å². The van der Waals surface area contributed by atoms with Gasteiger partial charge in [0.2, 0.25) is 5.91 Å². The summed E-state index contributed by atoms with van der Waals surface area (Å²) in [5.41, 5.74) is 5.59. The van der Waals surface area contributed by atoms with Crippen molar-refractivity contribution in [1.29, 1.82) is 0 Å². The molecule has 1 aliphatic heterocycles. The maximum Gasteiger partial charge on any atom is 0.250 e. The Morgan fingerprint density at radius 1 is 1.39 bits per heavy atom. The van der Waals surface area contributed by atoms with Crippen LogP contribution in [0.5, 0.6) is 0 Å². The number of carbonyl (C=O) groups excluding carboxylic acids is 1. The number of primary amides is 1. The standard InChI is InChI=1S/C13H20N4O/c14-13(18)11-4-5-12(16-10-11)15-6-3-9-17-7-1-2-8-17/h4-5,10H,1-3,6-9H2,(H2,14,18)(H,15,16). The molecular weight excluding hydrogens is 228 g/mol. The first kappa shape index (κ1) is 12.8. The summed E-state index contributed by atoms with van der Waals surface area (Å²) in [6, 6.07) is 3.48. The third-order valence-electron chi connectivity index (χ3n) is 3.20. The van der Waals surface area contributed by atoms with Gasteiger partial charge in [-0.15, -0.1) is 0 Å². The summed E-state index contributed by atoms with van der Waals surface area (Å²) in [6.45, 7) is 4.53. The summed E-state index contributed by atoms with van der Waals surface area (Å²) >= 11 is 0. The largest absolute Gasteiger partial charge is 0.370 e. The fraction of sp³-hybridized carbons (Fsp3) is 0.538. The minimum atomic E-state index is -0.442. The van der Waals surface area contributed by atoms with Crippen LogP contribution >= 0.6 is 0 Å². The predicted molar refractivity (Wildman–Crippen MR) is 71.5 cm³/mol. The van der Waals surface area contributed by atoms with Crippen LogP contribution in [0.25, 0.3) is 0 Å². The molecule has 0 aliphatic carbocycles. The highest BCUT2D eigenvalue weighted by Gasteiger charge is 2.10. The fourth-order valence-corrected chi connectivity index (χ4v) is 2.17. The molecule has 5 nitrogen and oxygen atoms in total. The fourth-order valence-electron chi connectivity index (χ4n) is 2.17. The maximum absolute atomic E-state index is 10.9. The highest BCUT2D eigenvalue weighted by molar-refractivity contribution is 5.92. The van der Waals surface area contributed by atoms with Crippen molar-refractivity contribution in [2.75, 3.05) is 31.5 Å². The number of hydrogen-bond acceptors (Lipinski definition) is 4. The van der Waals surface area contributed by atoms with Crippen LogP contribution in [0.2, 0.25) is 0 Å². The van der Waals surface area contributed by atoms with Crippen LogP contribution < -0.4 is 11.1 Å². The van der Waals surface area contributed by atoms with E-state index in [-0.39, 0.29) is 0 Å². The third kappa shape index (κ3) is 3.70. The molecule has 98 valence electrons. The molecule has 0 radical (unpaired) electrons. The number of anilines is 1. The first-order chi connectivity index (χ1) is 8.75. The third-order valence-corrected chi connectivity index (χ3v) is 3.20. The van der Waals surface area contributed by atoms with Crippen molar-refractivity contribution in [1.82, 2.24) is 9.88 Å². The molecule has 5 heteroatoms. The van der Waals surface area contributed by atoms with Gasteiger partial charge in [-0.3, -0.25) is 4.79 Å². The molecule has 0 atom stereocenters. The van der Waals surface area contributed by atoms with Crippen LogP contribution in [-0.4, -0.2) is 42.0 Å². The summed E-state index contributed by atoms with van der Waals surface area (Å²) in [5, 5.41) is 3.24. The number of carbonyl (C=O) groups is 1. The van der Waals surface area contributed by atoms with Gasteiger partial charge in [-0.1, -0.05) is 0 Å². The molecule has 0 bridgehead atoms. The number of pyridine rings is 1. The van der Waals surface area contributed by atoms with Crippen LogP contribution in [0, 0.1) is 0 Å². The minimum Gasteiger partial charge on any atom is -0.370 e. The van der Waals surface area contributed by atoms with Gasteiger partial charge in [0.25, 0.3) is 0 Å². The van der Waals surface area contributed by atoms with Crippen LogP contribution in [0.1, 0.15) is 29.6 Å². The number of amides is 1. The molecule has 2 heterocycles. The van der Waals surface area contributed by atoms with Crippen molar-refractivity contribution < 1.29 is 4.79 Å². The minimum absolute atomic E-state index is 0.442. The predicted octanol–water partition coefficient (Wildman–Crippen LogP) is 1.08. The average molecular weight is 248 g/mol. The number of rotatable bonds is 6. The molecule has 3 N–H and O–H groups in total. The van der Waals surface area contributed by atoms with Crippen molar-refractivity contribution in [3.63, 3.8) is 0 Å². The molecule has 2 rings (SSSR count). The van der Waals surface area contributed by atoms with Gasteiger partial charge in [0.1, 0.15) is 5.82 Å². The molecule has 1 saturated heterocycles. The molecule has 1 aromatic heterocycles. The van der Waals surface area contributed by atoms with E-state index in [1.807, 2.05) is 0 Å². The second kappa shape index (κ2) is 6.35. The van der Waals surface area contributed by atoms with Crippen molar-refractivity contribution in [3.8, 4) is 0 Å². The molecule has 1 amide bonds. The van der Waals surface area contributed by atoms with E-state index in [2.05, 4.69) is 15.2 Å². The number of aromatic nitrogens is 1. The van der Waals surface area contributed by atoms with Gasteiger partial charge in [0.05, 0.1) is 5.56 Å². The Kier molecular flexibility index (Phi) is 4.52. The van der Waals surface area contributed by atoms with Gasteiger partial charge in [-0.25, -0.2) is 4.98 Å². The first-order valence-electron chi connectivity index (χ1n) is 6.48. The lowest BCUT2D eigenvalue weighted by Crippen LogP contribution is -2.22. The zero-order valence-electron chi connectivity index (χ0n) is 10.6. The zero-order chi connectivity index (χ0) is 12.8. The zero-order valence-corrected chi connectivity index (χ0v) is 10.6. The highest BCUT2D eigenvalue weighted by Crippen LogP contribution is 2.08. The summed E-state index contributed by atoms with van der Waals surface area (Å²) in [6.07, 6.45) is 5.29. The molecule has 0 unspecified atom stereocenters. The van der Waals surface area contributed by atoms with Crippen molar-refractivity contribution in [2.24, 2.45) is 5.73 Å². The Labute approximate surface area is 107 Å². The van der Waals surface area contributed by atoms with E-state index in [4.69, 9.17) is 5.73 Å². The summed E-state index contributed by atoms with van der Waals surface area (Å²) < 4.78 is 0. The summed E-state index contributed by atoms with van der Waals surface area (Å²) in [7, 11) is 0. The average Bonchev–Trinajstić information content (AvgIpc) is 2.88. The lowest BCUT2D eigenvalue weighted by molar-refractivity contribution is 0.1000. The lowest BCUT2D eigenvalue weighted by atomic mass is 10.3. The van der Waals surface area contributed by atoms with Crippen LogP contribution in [-0.2, 0) is 0 Å². The Morgan fingerprint density at radius 3 is 2.78 bits per heavy atom. The van der Waals surface area contributed by atoms with Gasteiger partial charge >= 0.3 is 0 Å². The smallest absolute Gasteiger partial charge is 0.250 e. The second-order valence-electron chi connectivity index (χ2n) is 4.63. The number of nitrogens with one attached hydrogen (secondary N) is 1. The van der Waals surface area contributed by atoms with E-state index in [1.54, 1.807) is 12.1 Å². The Balaban J connectivity index is 1.68. The molecular formula is C13H20N4O. The Morgan fingerprint density at radius 2 is 2.17 bits per heavy atom. The number of likely N-dealkylation sites (tertiary alicyclic amines) is 1. The van der Waals surface area contributed by atoms with E-state index in [0.717, 1.165) is 25.3 Å². The SMILES string of the molecule is NC(=O)c1ccc(NCCCN2CCCC2)nc1. The quantitative estimate of drug-likeness (QED) is 0.739. The van der Waals surface area contributed by atoms with E-state index in [1.165, 1.54) is 32.1 Å². The van der Waals surface area contributed by atoms with Gasteiger partial charge in [0.15, 0.2) is 0 Å². The highest BCUT2D eigenvalue weighted by atomic mass is 16.1. The lowest BCUT2D eigenvalue weighted by Gasteiger charge is -2.14. The van der Waals surface area contributed by atoms with Crippen molar-refractivity contribution in [2.45, 2.75) is 19.3 Å². The Hall–Kier alpha value is -1.62. The van der Waals surface area contributed by atoms with Gasteiger partial charge in [-0.05, 0) is 51.0 Å². The van der Waals surface area contributed by atoms with Crippen LogP contribution in [0.15, 0.2) is 18.3 Å². The van der Waals surface area contributed by atoms with Gasteiger partial charge in [-0.2, -0.15) is 0 Å². The second-order valence-corrected chi connectivity index (χ2v) is 4.63. The normalized spacial score (nSPS) is 15.8. The topological polar surface area (TPSA) is 71.2 Å². The number of hydrogen-bond donors (Lipinski definition) is 2. The molecule has 0 aromatic carbocycles. The van der Waals surface area contributed by atoms with E-state index >= 15 is 0 Å². The number of nitrogens with two attached hydrogens (primary N) is 1. The maximum atomic E-state index is 10.9.